The summed E-state index contributed by atoms with van der Waals surface area (Å²) in [6.07, 6.45) is 9.05. The van der Waals surface area contributed by atoms with Crippen molar-refractivity contribution in [1.82, 2.24) is 15.7 Å². The van der Waals surface area contributed by atoms with E-state index in [2.05, 4.69) is 24.5 Å². The zero-order valence-electron chi connectivity index (χ0n) is 18.6. The van der Waals surface area contributed by atoms with Crippen LogP contribution in [0.15, 0.2) is 12.2 Å². The predicted octanol–water partition coefficient (Wildman–Crippen LogP) is 3.76. The minimum Gasteiger partial charge on any atom is -0.444 e. The number of nitrogens with one attached hydrogen (secondary N) is 2. The Balaban J connectivity index is 1.81. The smallest absolute Gasteiger partial charge is 0.408 e. The number of amides is 2. The first-order chi connectivity index (χ1) is 13.5. The van der Waals surface area contributed by atoms with Gasteiger partial charge in [0.15, 0.2) is 0 Å². The molecule has 0 aliphatic carbocycles. The summed E-state index contributed by atoms with van der Waals surface area (Å²) < 4.78 is 5.33. The Morgan fingerprint density at radius 3 is 2.38 bits per heavy atom. The lowest BCUT2D eigenvalue weighted by Gasteiger charge is -2.45. The number of ether oxygens (including phenoxy) is 1. The molecule has 7 heteroatoms. The number of carbonyl (C=O) groups excluding carboxylic acids is 2. The average Bonchev–Trinajstić information content (AvgIpc) is 2.53. The number of fused-ring (bicyclic) bond motifs is 2. The zero-order chi connectivity index (χ0) is 21.6. The molecule has 0 radical (unpaired) electrons. The summed E-state index contributed by atoms with van der Waals surface area (Å²) >= 11 is 0. The summed E-state index contributed by atoms with van der Waals surface area (Å²) in [5, 5.41) is 17.6. The highest BCUT2D eigenvalue weighted by Gasteiger charge is 2.37. The fourth-order valence-electron chi connectivity index (χ4n) is 4.25. The molecular weight excluding hydrogens is 370 g/mol. The standard InChI is InChI=1S/C22H39N3O4/c1-15(2)12-16(24-21(27)29-22(3,4)5)8-6-11-20(26)23-17-13-18-9-7-10-19(14-17)25(18)28/h6,8,15-19,28H,7,9-14H2,1-5H3,(H,23,26)(H,24,27)/t16-,17?,18+,19?/m1/s1. The van der Waals surface area contributed by atoms with E-state index in [0.717, 1.165) is 38.5 Å². The van der Waals surface area contributed by atoms with Crippen molar-refractivity contribution in [3.63, 3.8) is 0 Å². The fourth-order valence-corrected chi connectivity index (χ4v) is 4.25. The first kappa shape index (κ1) is 23.7. The van der Waals surface area contributed by atoms with Crippen LogP contribution in [0.1, 0.15) is 79.6 Å². The second-order valence-electron chi connectivity index (χ2n) is 9.87. The molecule has 166 valence electrons. The molecule has 2 aliphatic heterocycles. The number of nitrogens with zero attached hydrogens (tertiary/aromatic N) is 1. The first-order valence-electron chi connectivity index (χ1n) is 11.0. The van der Waals surface area contributed by atoms with Crippen LogP contribution in [0.4, 0.5) is 4.79 Å². The van der Waals surface area contributed by atoms with Gasteiger partial charge in [0.1, 0.15) is 5.60 Å². The van der Waals surface area contributed by atoms with Gasteiger partial charge < -0.3 is 20.6 Å². The van der Waals surface area contributed by atoms with Crippen molar-refractivity contribution in [2.75, 3.05) is 0 Å². The molecule has 2 bridgehead atoms. The Morgan fingerprint density at radius 1 is 1.21 bits per heavy atom. The van der Waals surface area contributed by atoms with Crippen LogP contribution in [0.3, 0.4) is 0 Å². The van der Waals surface area contributed by atoms with Gasteiger partial charge in [-0.05, 0) is 58.8 Å². The van der Waals surface area contributed by atoms with Crippen LogP contribution < -0.4 is 10.6 Å². The summed E-state index contributed by atoms with van der Waals surface area (Å²) in [4.78, 5) is 24.4. The molecule has 2 fully saturated rings. The van der Waals surface area contributed by atoms with Crippen molar-refractivity contribution in [3.8, 4) is 0 Å². The van der Waals surface area contributed by atoms with Crippen molar-refractivity contribution >= 4 is 12.0 Å². The van der Waals surface area contributed by atoms with Crippen molar-refractivity contribution < 1.29 is 19.5 Å². The third kappa shape index (κ3) is 8.34. The summed E-state index contributed by atoms with van der Waals surface area (Å²) in [6, 6.07) is 0.282. The minimum atomic E-state index is -0.543. The van der Waals surface area contributed by atoms with Gasteiger partial charge in [0.05, 0.1) is 6.04 Å². The van der Waals surface area contributed by atoms with Gasteiger partial charge in [-0.1, -0.05) is 32.4 Å². The average molecular weight is 410 g/mol. The largest absolute Gasteiger partial charge is 0.444 e. The van der Waals surface area contributed by atoms with Crippen LogP contribution in [0.2, 0.25) is 0 Å². The number of hydrogen-bond acceptors (Lipinski definition) is 5. The SMILES string of the molecule is CC(C)C[C@@H](C=CCC(=O)NC1CC2CCC[C@@H](C1)N2O)NC(=O)OC(C)(C)C. The number of rotatable bonds is 7. The third-order valence-electron chi connectivity index (χ3n) is 5.40. The molecule has 2 amide bonds. The highest BCUT2D eigenvalue weighted by Crippen LogP contribution is 2.32. The van der Waals surface area contributed by atoms with Gasteiger partial charge in [0, 0.05) is 24.5 Å². The highest BCUT2D eigenvalue weighted by atomic mass is 16.6. The van der Waals surface area contributed by atoms with Crippen LogP contribution in [0.5, 0.6) is 0 Å². The van der Waals surface area contributed by atoms with E-state index in [1.165, 1.54) is 5.06 Å². The number of alkyl carbamates (subject to hydrolysis) is 1. The van der Waals surface area contributed by atoms with Crippen molar-refractivity contribution in [2.24, 2.45) is 5.92 Å². The van der Waals surface area contributed by atoms with Gasteiger partial charge >= 0.3 is 6.09 Å². The maximum absolute atomic E-state index is 12.4. The monoisotopic (exact) mass is 409 g/mol. The van der Waals surface area contributed by atoms with Gasteiger partial charge in [0.2, 0.25) is 5.91 Å². The molecule has 7 nitrogen and oxygen atoms in total. The second kappa shape index (κ2) is 10.4. The van der Waals surface area contributed by atoms with E-state index >= 15 is 0 Å². The first-order valence-corrected chi connectivity index (χ1v) is 11.0. The predicted molar refractivity (Wildman–Crippen MR) is 113 cm³/mol. The van der Waals surface area contributed by atoms with Crippen LogP contribution in [0.25, 0.3) is 0 Å². The highest BCUT2D eigenvalue weighted by molar-refractivity contribution is 5.77. The van der Waals surface area contributed by atoms with E-state index in [1.54, 1.807) is 0 Å². The van der Waals surface area contributed by atoms with Gasteiger partial charge in [-0.2, -0.15) is 5.06 Å². The molecule has 2 saturated heterocycles. The topological polar surface area (TPSA) is 90.9 Å². The molecule has 2 rings (SSSR count). The van der Waals surface area contributed by atoms with Crippen LogP contribution in [-0.2, 0) is 9.53 Å². The normalized spacial score (nSPS) is 26.4. The Hall–Kier alpha value is -1.60. The third-order valence-corrected chi connectivity index (χ3v) is 5.40. The van der Waals surface area contributed by atoms with E-state index in [1.807, 2.05) is 32.9 Å². The summed E-state index contributed by atoms with van der Waals surface area (Å²) in [6.45, 7) is 9.68. The maximum Gasteiger partial charge on any atom is 0.408 e. The van der Waals surface area contributed by atoms with Gasteiger partial charge in [-0.25, -0.2) is 4.79 Å². The molecule has 29 heavy (non-hydrogen) atoms. The molecular formula is C22H39N3O4. The van der Waals surface area contributed by atoms with Crippen molar-refractivity contribution in [2.45, 2.75) is 109 Å². The molecule has 0 aromatic heterocycles. The van der Waals surface area contributed by atoms with Crippen LogP contribution >= 0.6 is 0 Å². The lowest BCUT2D eigenvalue weighted by molar-refractivity contribution is -0.198. The van der Waals surface area contributed by atoms with E-state index in [9.17, 15) is 14.8 Å². The Bertz CT molecular complexity index is 571. The van der Waals surface area contributed by atoms with E-state index in [4.69, 9.17) is 4.74 Å². The molecule has 3 N–H and O–H groups in total. The molecule has 0 aromatic rings. The van der Waals surface area contributed by atoms with Gasteiger partial charge in [-0.3, -0.25) is 4.79 Å². The molecule has 4 atom stereocenters. The van der Waals surface area contributed by atoms with E-state index in [0.29, 0.717) is 5.92 Å². The number of carbonyl (C=O) groups is 2. The van der Waals surface area contributed by atoms with Gasteiger partial charge in [-0.15, -0.1) is 0 Å². The lowest BCUT2D eigenvalue weighted by atomic mass is 9.83. The lowest BCUT2D eigenvalue weighted by Crippen LogP contribution is -2.55. The van der Waals surface area contributed by atoms with Crippen LogP contribution in [-0.4, -0.2) is 52.0 Å². The molecule has 2 aliphatic rings. The van der Waals surface area contributed by atoms with Crippen LogP contribution in [0, 0.1) is 5.92 Å². The number of piperidine rings is 2. The molecule has 2 unspecified atom stereocenters. The Morgan fingerprint density at radius 2 is 1.83 bits per heavy atom. The number of hydroxylamine groups is 2. The second-order valence-corrected chi connectivity index (χ2v) is 9.87. The molecule has 0 spiro atoms. The van der Waals surface area contributed by atoms with Gasteiger partial charge in [0.25, 0.3) is 0 Å². The summed E-state index contributed by atoms with van der Waals surface area (Å²) in [5.41, 5.74) is -0.543. The van der Waals surface area contributed by atoms with Crippen molar-refractivity contribution in [1.29, 1.82) is 0 Å². The number of hydrogen-bond donors (Lipinski definition) is 3. The summed E-state index contributed by atoms with van der Waals surface area (Å²) in [5.74, 6) is 0.382. The maximum atomic E-state index is 12.4. The Labute approximate surface area is 175 Å². The molecule has 0 aromatic carbocycles. The molecule has 2 heterocycles. The quantitative estimate of drug-likeness (QED) is 0.557. The van der Waals surface area contributed by atoms with E-state index in [-0.39, 0.29) is 36.5 Å². The van der Waals surface area contributed by atoms with Crippen molar-refractivity contribution in [3.05, 3.63) is 12.2 Å². The zero-order valence-corrected chi connectivity index (χ0v) is 18.6. The molecule has 0 saturated carbocycles. The fraction of sp³-hybridized carbons (Fsp3) is 0.818. The van der Waals surface area contributed by atoms with E-state index < -0.39 is 11.7 Å². The Kier molecular flexibility index (Phi) is 8.52. The minimum absolute atomic E-state index is 0.0173. The summed E-state index contributed by atoms with van der Waals surface area (Å²) in [7, 11) is 0.